The molecule has 1 unspecified atom stereocenters. The summed E-state index contributed by atoms with van der Waals surface area (Å²) in [6.45, 7) is 5.88. The second-order valence-electron chi connectivity index (χ2n) is 4.92. The lowest BCUT2D eigenvalue weighted by atomic mass is 10.2. The van der Waals surface area contributed by atoms with E-state index in [0.717, 1.165) is 0 Å². The van der Waals surface area contributed by atoms with Gasteiger partial charge in [0.25, 0.3) is 0 Å². The number of rotatable bonds is 7. The van der Waals surface area contributed by atoms with Crippen LogP contribution in [0, 0.1) is 6.92 Å². The van der Waals surface area contributed by atoms with Crippen LogP contribution < -0.4 is 0 Å². The third-order valence-electron chi connectivity index (χ3n) is 3.31. The van der Waals surface area contributed by atoms with Crippen molar-refractivity contribution >= 4 is 17.2 Å². The summed E-state index contributed by atoms with van der Waals surface area (Å²) in [6, 6.07) is 1.98. The monoisotopic (exact) mass is 284 g/mol. The summed E-state index contributed by atoms with van der Waals surface area (Å²) < 4.78 is 5.11. The lowest BCUT2D eigenvalue weighted by Crippen LogP contribution is -2.45. The summed E-state index contributed by atoms with van der Waals surface area (Å²) in [5, 5.41) is 2.07. The van der Waals surface area contributed by atoms with Crippen molar-refractivity contribution in [1.29, 1.82) is 0 Å². The first-order chi connectivity index (χ1) is 8.97. The maximum atomic E-state index is 12.5. The van der Waals surface area contributed by atoms with Crippen LogP contribution in [0.4, 0.5) is 0 Å². The van der Waals surface area contributed by atoms with E-state index < -0.39 is 0 Å². The van der Waals surface area contributed by atoms with E-state index in [1.807, 2.05) is 30.8 Å². The van der Waals surface area contributed by atoms with Gasteiger partial charge in [0.05, 0.1) is 19.2 Å². The Morgan fingerprint density at radius 3 is 2.63 bits per heavy atom. The van der Waals surface area contributed by atoms with Gasteiger partial charge in [-0.25, -0.2) is 0 Å². The van der Waals surface area contributed by atoms with Gasteiger partial charge in [-0.2, -0.15) is 0 Å². The Labute approximate surface area is 120 Å². The summed E-state index contributed by atoms with van der Waals surface area (Å²) in [7, 11) is 5.51. The number of thiophene rings is 1. The number of aryl methyl sites for hydroxylation is 1. The van der Waals surface area contributed by atoms with Crippen LogP contribution >= 0.6 is 11.3 Å². The summed E-state index contributed by atoms with van der Waals surface area (Å²) in [6.07, 6.45) is 0. The van der Waals surface area contributed by atoms with Gasteiger partial charge in [-0.05, 0) is 45.0 Å². The zero-order valence-corrected chi connectivity index (χ0v) is 13.3. The standard InChI is InChI=1S/C14H24N2O2S/c1-11-6-9-19-13(11)10-16(7-8-18-5)14(17)12(2)15(3)4/h6,9,12H,7-8,10H2,1-5H3. The molecule has 0 saturated heterocycles. The SMILES string of the molecule is COCCN(Cc1sccc1C)C(=O)C(C)N(C)C. The molecule has 0 aromatic carbocycles. The molecule has 0 aliphatic heterocycles. The molecule has 1 amide bonds. The highest BCUT2D eigenvalue weighted by Crippen LogP contribution is 2.18. The molecule has 0 radical (unpaired) electrons. The van der Waals surface area contributed by atoms with Crippen molar-refractivity contribution < 1.29 is 9.53 Å². The van der Waals surface area contributed by atoms with Gasteiger partial charge in [-0.3, -0.25) is 9.69 Å². The van der Waals surface area contributed by atoms with E-state index in [1.165, 1.54) is 10.4 Å². The molecule has 0 fully saturated rings. The normalized spacial score (nSPS) is 12.7. The molecule has 4 nitrogen and oxygen atoms in total. The zero-order valence-electron chi connectivity index (χ0n) is 12.5. The third kappa shape index (κ3) is 4.60. The predicted molar refractivity (Wildman–Crippen MR) is 79.5 cm³/mol. The highest BCUT2D eigenvalue weighted by Gasteiger charge is 2.22. The minimum absolute atomic E-state index is 0.114. The van der Waals surface area contributed by atoms with E-state index >= 15 is 0 Å². The molecule has 1 heterocycles. The number of hydrogen-bond donors (Lipinski definition) is 0. The van der Waals surface area contributed by atoms with Gasteiger partial charge < -0.3 is 9.64 Å². The van der Waals surface area contributed by atoms with E-state index in [0.29, 0.717) is 19.7 Å². The van der Waals surface area contributed by atoms with Crippen LogP contribution in [0.25, 0.3) is 0 Å². The first-order valence-electron chi connectivity index (χ1n) is 6.44. The van der Waals surface area contributed by atoms with E-state index in [-0.39, 0.29) is 11.9 Å². The molecule has 108 valence electrons. The number of carbonyl (C=O) groups is 1. The summed E-state index contributed by atoms with van der Waals surface area (Å²) in [5.41, 5.74) is 1.25. The van der Waals surface area contributed by atoms with Crippen molar-refractivity contribution in [3.8, 4) is 0 Å². The molecule has 19 heavy (non-hydrogen) atoms. The largest absolute Gasteiger partial charge is 0.383 e. The third-order valence-corrected chi connectivity index (χ3v) is 4.32. The van der Waals surface area contributed by atoms with Gasteiger partial charge in [0.2, 0.25) is 5.91 Å². The van der Waals surface area contributed by atoms with E-state index in [1.54, 1.807) is 18.4 Å². The summed E-state index contributed by atoms with van der Waals surface area (Å²) >= 11 is 1.70. The molecule has 0 bridgehead atoms. The second-order valence-corrected chi connectivity index (χ2v) is 5.92. The molecule has 0 aliphatic rings. The average molecular weight is 284 g/mol. The Morgan fingerprint density at radius 1 is 1.47 bits per heavy atom. The van der Waals surface area contributed by atoms with Crippen LogP contribution in [0.15, 0.2) is 11.4 Å². The number of hydrogen-bond acceptors (Lipinski definition) is 4. The molecule has 1 aromatic heterocycles. The minimum Gasteiger partial charge on any atom is -0.383 e. The summed E-state index contributed by atoms with van der Waals surface area (Å²) in [5.74, 6) is 0.148. The molecule has 1 rings (SSSR count). The van der Waals surface area contributed by atoms with Crippen molar-refractivity contribution in [2.24, 2.45) is 0 Å². The Balaban J connectivity index is 2.76. The van der Waals surface area contributed by atoms with Gasteiger partial charge in [0, 0.05) is 18.5 Å². The number of nitrogens with zero attached hydrogens (tertiary/aromatic N) is 2. The van der Waals surface area contributed by atoms with E-state index in [9.17, 15) is 4.79 Å². The lowest BCUT2D eigenvalue weighted by Gasteiger charge is -2.28. The van der Waals surface area contributed by atoms with Gasteiger partial charge in [-0.15, -0.1) is 11.3 Å². The molecular formula is C14H24N2O2S. The van der Waals surface area contributed by atoms with Crippen molar-refractivity contribution in [2.45, 2.75) is 26.4 Å². The Morgan fingerprint density at radius 2 is 2.16 bits per heavy atom. The number of likely N-dealkylation sites (N-methyl/N-ethyl adjacent to an activating group) is 1. The fraction of sp³-hybridized carbons (Fsp3) is 0.643. The van der Waals surface area contributed by atoms with Crippen LogP contribution in [0.1, 0.15) is 17.4 Å². The molecule has 5 heteroatoms. The highest BCUT2D eigenvalue weighted by molar-refractivity contribution is 7.10. The van der Waals surface area contributed by atoms with Crippen molar-refractivity contribution in [2.75, 3.05) is 34.4 Å². The van der Waals surface area contributed by atoms with Gasteiger partial charge in [-0.1, -0.05) is 0 Å². The Hall–Kier alpha value is -0.910. The van der Waals surface area contributed by atoms with Crippen molar-refractivity contribution in [3.05, 3.63) is 21.9 Å². The number of ether oxygens (including phenoxy) is 1. The minimum atomic E-state index is -0.114. The number of amides is 1. The average Bonchev–Trinajstić information content (AvgIpc) is 2.78. The number of methoxy groups -OCH3 is 1. The van der Waals surface area contributed by atoms with Crippen LogP contribution in [-0.2, 0) is 16.1 Å². The second kappa shape index (κ2) is 7.62. The Bertz CT molecular complexity index is 404. The zero-order chi connectivity index (χ0) is 14.4. The fourth-order valence-corrected chi connectivity index (χ4v) is 2.61. The number of carbonyl (C=O) groups excluding carboxylic acids is 1. The molecule has 0 aliphatic carbocycles. The van der Waals surface area contributed by atoms with Gasteiger partial charge in [0.1, 0.15) is 0 Å². The maximum Gasteiger partial charge on any atom is 0.240 e. The fourth-order valence-electron chi connectivity index (χ4n) is 1.69. The van der Waals surface area contributed by atoms with Crippen molar-refractivity contribution in [1.82, 2.24) is 9.80 Å². The molecule has 0 saturated carbocycles. The smallest absolute Gasteiger partial charge is 0.240 e. The molecule has 1 atom stereocenters. The molecular weight excluding hydrogens is 260 g/mol. The molecule has 1 aromatic rings. The van der Waals surface area contributed by atoms with Gasteiger partial charge in [0.15, 0.2) is 0 Å². The van der Waals surface area contributed by atoms with Crippen LogP contribution in [0.5, 0.6) is 0 Å². The van der Waals surface area contributed by atoms with Gasteiger partial charge >= 0.3 is 0 Å². The topological polar surface area (TPSA) is 32.8 Å². The van der Waals surface area contributed by atoms with Crippen LogP contribution in [0.2, 0.25) is 0 Å². The molecule has 0 spiro atoms. The van der Waals surface area contributed by atoms with Crippen LogP contribution in [-0.4, -0.2) is 56.1 Å². The van der Waals surface area contributed by atoms with Crippen LogP contribution in [0.3, 0.4) is 0 Å². The van der Waals surface area contributed by atoms with E-state index in [4.69, 9.17) is 4.74 Å². The summed E-state index contributed by atoms with van der Waals surface area (Å²) in [4.78, 5) is 17.5. The lowest BCUT2D eigenvalue weighted by molar-refractivity contribution is -0.136. The first kappa shape index (κ1) is 16.1. The quantitative estimate of drug-likeness (QED) is 0.767. The predicted octanol–water partition coefficient (Wildman–Crippen LogP) is 1.98. The molecule has 0 N–H and O–H groups in total. The van der Waals surface area contributed by atoms with E-state index in [2.05, 4.69) is 18.4 Å². The highest BCUT2D eigenvalue weighted by atomic mass is 32.1. The van der Waals surface area contributed by atoms with Crippen molar-refractivity contribution in [3.63, 3.8) is 0 Å². The first-order valence-corrected chi connectivity index (χ1v) is 7.32. The Kier molecular flexibility index (Phi) is 6.48. The maximum absolute atomic E-state index is 12.5.